The van der Waals surface area contributed by atoms with Crippen molar-refractivity contribution in [2.24, 2.45) is 11.8 Å². The quantitative estimate of drug-likeness (QED) is 0.189. The molecule has 5 N–H and O–H groups in total. The maximum absolute atomic E-state index is 12.0. The van der Waals surface area contributed by atoms with Gasteiger partial charge in [-0.2, -0.15) is 8.42 Å². The largest absolute Gasteiger partial charge is 0.356 e. The van der Waals surface area contributed by atoms with Crippen LogP contribution in [0.25, 0.3) is 0 Å². The maximum Gasteiger partial charge on any atom is 0.318 e. The number of hydrogen-bond acceptors (Lipinski definition) is 6. The molecule has 30 heavy (non-hydrogen) atoms. The molecule has 2 atom stereocenters. The van der Waals surface area contributed by atoms with E-state index in [1.165, 1.54) is 30.8 Å². The van der Waals surface area contributed by atoms with Gasteiger partial charge in [0.25, 0.3) is 10.1 Å². The van der Waals surface area contributed by atoms with Gasteiger partial charge in [-0.25, -0.2) is 9.59 Å². The monoisotopic (exact) mass is 452 g/mol. The van der Waals surface area contributed by atoms with Crippen molar-refractivity contribution < 1.29 is 32.1 Å². The van der Waals surface area contributed by atoms with Gasteiger partial charge in [-0.05, 0) is 6.92 Å². The Morgan fingerprint density at radius 3 is 1.60 bits per heavy atom. The molecular formula is C16H32N6O7S. The van der Waals surface area contributed by atoms with Crippen LogP contribution in [-0.4, -0.2) is 92.9 Å². The smallest absolute Gasteiger partial charge is 0.318 e. The van der Waals surface area contributed by atoms with Gasteiger partial charge >= 0.3 is 12.1 Å². The molecule has 0 heterocycles. The lowest BCUT2D eigenvalue weighted by Gasteiger charge is -2.23. The second-order valence-corrected chi connectivity index (χ2v) is 8.32. The third kappa shape index (κ3) is 11.4. The Morgan fingerprint density at radius 2 is 1.23 bits per heavy atom. The van der Waals surface area contributed by atoms with Crippen molar-refractivity contribution >= 4 is 34.0 Å². The topological polar surface area (TPSA) is 177 Å². The third-order valence-electron chi connectivity index (χ3n) is 3.94. The molecule has 0 spiro atoms. The molecule has 2 unspecified atom stereocenters. The van der Waals surface area contributed by atoms with Gasteiger partial charge in [0.15, 0.2) is 0 Å². The standard InChI is InChI=1S/C16H32N6O7S/c1-6-17-13(23)11(2)7-21(4)15(25)18-9-19-16(26)22(5)8-12(3)14(24)20-10-30(27,28)29/h11-12H,6-10H2,1-5H3,(H,17,23)(H,18,25)(H,19,26)(H,20,24)(H,27,28,29). The van der Waals surface area contributed by atoms with Gasteiger partial charge < -0.3 is 31.1 Å². The van der Waals surface area contributed by atoms with Crippen LogP contribution in [0, 0.1) is 11.8 Å². The van der Waals surface area contributed by atoms with Crippen LogP contribution in [0.3, 0.4) is 0 Å². The van der Waals surface area contributed by atoms with Crippen LogP contribution in [0.1, 0.15) is 20.8 Å². The lowest BCUT2D eigenvalue weighted by atomic mass is 10.1. The predicted molar refractivity (Wildman–Crippen MR) is 109 cm³/mol. The molecule has 0 radical (unpaired) electrons. The summed E-state index contributed by atoms with van der Waals surface area (Å²) in [5, 5.41) is 9.64. The summed E-state index contributed by atoms with van der Waals surface area (Å²) in [6.07, 6.45) is 0. The Hall–Kier alpha value is -2.61. The average molecular weight is 453 g/mol. The van der Waals surface area contributed by atoms with Gasteiger partial charge in [-0.3, -0.25) is 14.1 Å². The number of nitrogens with zero attached hydrogens (tertiary/aromatic N) is 2. The average Bonchev–Trinajstić information content (AvgIpc) is 2.64. The van der Waals surface area contributed by atoms with E-state index in [0.29, 0.717) is 6.54 Å². The van der Waals surface area contributed by atoms with Crippen LogP contribution >= 0.6 is 0 Å². The van der Waals surface area contributed by atoms with Crippen molar-refractivity contribution in [2.45, 2.75) is 20.8 Å². The van der Waals surface area contributed by atoms with Crippen LogP contribution in [0.5, 0.6) is 0 Å². The molecule has 0 rings (SSSR count). The maximum atomic E-state index is 12.0. The molecule has 0 aromatic rings. The summed E-state index contributed by atoms with van der Waals surface area (Å²) in [7, 11) is -1.39. The second kappa shape index (κ2) is 12.8. The van der Waals surface area contributed by atoms with E-state index in [1.807, 2.05) is 5.32 Å². The van der Waals surface area contributed by atoms with E-state index in [0.717, 1.165) is 0 Å². The van der Waals surface area contributed by atoms with Crippen molar-refractivity contribution in [1.82, 2.24) is 31.1 Å². The molecule has 0 aliphatic carbocycles. The molecule has 0 aromatic carbocycles. The van der Waals surface area contributed by atoms with Crippen LogP contribution in [-0.2, 0) is 19.7 Å². The third-order valence-corrected chi connectivity index (χ3v) is 4.45. The van der Waals surface area contributed by atoms with E-state index in [-0.39, 0.29) is 25.7 Å². The Balaban J connectivity index is 4.31. The molecular weight excluding hydrogens is 420 g/mol. The molecule has 0 aliphatic rings. The normalized spacial score (nSPS) is 12.9. The van der Waals surface area contributed by atoms with Crippen LogP contribution in [0.15, 0.2) is 0 Å². The number of carbonyl (C=O) groups excluding carboxylic acids is 4. The van der Waals surface area contributed by atoms with Crippen molar-refractivity contribution in [3.63, 3.8) is 0 Å². The summed E-state index contributed by atoms with van der Waals surface area (Å²) in [5.41, 5.74) is 0. The Labute approximate surface area is 176 Å². The first-order valence-corrected chi connectivity index (χ1v) is 10.9. The summed E-state index contributed by atoms with van der Waals surface area (Å²) < 4.78 is 29.9. The highest BCUT2D eigenvalue weighted by Gasteiger charge is 2.20. The first-order valence-electron chi connectivity index (χ1n) is 9.27. The SMILES string of the molecule is CCNC(=O)C(C)CN(C)C(=O)NCNC(=O)N(C)CC(C)C(=O)NCS(=O)(=O)O. The minimum atomic E-state index is -4.33. The Kier molecular flexibility index (Phi) is 11.7. The van der Waals surface area contributed by atoms with Gasteiger partial charge in [-0.1, -0.05) is 13.8 Å². The molecule has 0 saturated heterocycles. The molecule has 0 saturated carbocycles. The molecule has 0 bridgehead atoms. The summed E-state index contributed by atoms with van der Waals surface area (Å²) in [6, 6.07) is -1.05. The molecule has 13 nitrogen and oxygen atoms in total. The first-order chi connectivity index (χ1) is 13.8. The van der Waals surface area contributed by atoms with Gasteiger partial charge in [0.1, 0.15) is 5.88 Å². The number of carbonyl (C=O) groups is 4. The zero-order valence-corrected chi connectivity index (χ0v) is 18.7. The summed E-state index contributed by atoms with van der Waals surface area (Å²) in [6.45, 7) is 5.47. The lowest BCUT2D eigenvalue weighted by Crippen LogP contribution is -2.49. The summed E-state index contributed by atoms with van der Waals surface area (Å²) in [4.78, 5) is 50.0. The van der Waals surface area contributed by atoms with E-state index < -0.39 is 45.8 Å². The van der Waals surface area contributed by atoms with Gasteiger partial charge in [0, 0.05) is 33.7 Å². The van der Waals surface area contributed by atoms with Crippen LogP contribution < -0.4 is 21.3 Å². The fraction of sp³-hybridized carbons (Fsp3) is 0.750. The molecule has 0 aliphatic heterocycles. The van der Waals surface area contributed by atoms with E-state index in [2.05, 4.69) is 16.0 Å². The van der Waals surface area contributed by atoms with Crippen molar-refractivity contribution in [2.75, 3.05) is 46.3 Å². The number of rotatable bonds is 11. The molecule has 0 fully saturated rings. The number of amides is 6. The first kappa shape index (κ1) is 27.4. The van der Waals surface area contributed by atoms with Crippen molar-refractivity contribution in [3.8, 4) is 0 Å². The number of urea groups is 2. The highest BCUT2D eigenvalue weighted by atomic mass is 32.2. The highest BCUT2D eigenvalue weighted by molar-refractivity contribution is 7.85. The zero-order chi connectivity index (χ0) is 23.5. The predicted octanol–water partition coefficient (Wildman–Crippen LogP) is -1.40. The summed E-state index contributed by atoms with van der Waals surface area (Å²) >= 11 is 0. The van der Waals surface area contributed by atoms with Crippen molar-refractivity contribution in [3.05, 3.63) is 0 Å². The van der Waals surface area contributed by atoms with E-state index in [9.17, 15) is 27.6 Å². The van der Waals surface area contributed by atoms with E-state index >= 15 is 0 Å². The summed E-state index contributed by atoms with van der Waals surface area (Å²) in [5.74, 6) is -2.86. The molecule has 14 heteroatoms. The molecule has 6 amide bonds. The van der Waals surface area contributed by atoms with Gasteiger partial charge in [0.05, 0.1) is 18.5 Å². The fourth-order valence-electron chi connectivity index (χ4n) is 2.30. The van der Waals surface area contributed by atoms with Gasteiger partial charge in [0.2, 0.25) is 11.8 Å². The number of nitrogens with one attached hydrogen (secondary N) is 4. The van der Waals surface area contributed by atoms with Crippen LogP contribution in [0.2, 0.25) is 0 Å². The minimum Gasteiger partial charge on any atom is -0.356 e. The lowest BCUT2D eigenvalue weighted by molar-refractivity contribution is -0.125. The number of hydrogen-bond donors (Lipinski definition) is 5. The van der Waals surface area contributed by atoms with Gasteiger partial charge in [-0.15, -0.1) is 0 Å². The molecule has 0 aromatic heterocycles. The highest BCUT2D eigenvalue weighted by Crippen LogP contribution is 2.00. The zero-order valence-electron chi connectivity index (χ0n) is 17.9. The van der Waals surface area contributed by atoms with E-state index in [4.69, 9.17) is 4.55 Å². The fourth-order valence-corrected chi connectivity index (χ4v) is 2.63. The Bertz CT molecular complexity index is 715. The van der Waals surface area contributed by atoms with Crippen molar-refractivity contribution in [1.29, 1.82) is 0 Å². The van der Waals surface area contributed by atoms with Crippen LogP contribution in [0.4, 0.5) is 9.59 Å². The minimum absolute atomic E-state index is 0.0267. The van der Waals surface area contributed by atoms with E-state index in [1.54, 1.807) is 13.8 Å². The second-order valence-electron chi connectivity index (χ2n) is 6.87. The Morgan fingerprint density at radius 1 is 0.833 bits per heavy atom. The molecule has 174 valence electrons.